The number of carbonyl (C=O) groups excluding carboxylic acids is 4. The molecule has 129 heavy (non-hydrogen) atoms. The lowest BCUT2D eigenvalue weighted by Gasteiger charge is -2.71. The predicted molar refractivity (Wildman–Crippen MR) is 435 cm³/mol. The Hall–Kier alpha value is -3.99. The van der Waals surface area contributed by atoms with Crippen LogP contribution in [0.3, 0.4) is 0 Å². The van der Waals surface area contributed by atoms with Gasteiger partial charge in [-0.3, -0.25) is 14.4 Å². The van der Waals surface area contributed by atoms with Gasteiger partial charge in [-0.15, -0.1) is 0 Å². The number of aliphatic carboxylic acids is 1. The number of hydrogen-bond donors (Lipinski definition) is 20. The minimum atomic E-state index is -2.25. The van der Waals surface area contributed by atoms with E-state index in [0.717, 1.165) is 11.9 Å². The number of aldehydes is 1. The minimum absolute atomic E-state index is 0.0280. The third-order valence-corrected chi connectivity index (χ3v) is 31.7. The number of carboxylic acid groups (broad SMARTS) is 1. The summed E-state index contributed by atoms with van der Waals surface area (Å²) in [5.41, 5.74) is -5.31. The molecule has 0 aromatic rings. The number of fused-ring (bicyclic) bond motifs is 7. The molecule has 41 nitrogen and oxygen atoms in total. The first-order chi connectivity index (χ1) is 60.5. The molecular formula is C88H142O41. The molecule has 0 radical (unpaired) electrons. The Labute approximate surface area is 748 Å². The first-order valence-corrected chi connectivity index (χ1v) is 45.8. The van der Waals surface area contributed by atoms with Crippen LogP contribution >= 0.6 is 0 Å². The van der Waals surface area contributed by atoms with Gasteiger partial charge >= 0.3 is 23.9 Å². The van der Waals surface area contributed by atoms with Crippen molar-refractivity contribution in [1.29, 1.82) is 0 Å². The average molecular weight is 1860 g/mol. The van der Waals surface area contributed by atoms with E-state index in [4.69, 9.17) is 75.8 Å². The van der Waals surface area contributed by atoms with Gasteiger partial charge in [0.2, 0.25) is 6.29 Å². The number of aliphatic hydroxyl groups excluding tert-OH is 19. The van der Waals surface area contributed by atoms with Crippen LogP contribution in [0.5, 0.6) is 0 Å². The second-order valence-electron chi connectivity index (χ2n) is 40.3. The summed E-state index contributed by atoms with van der Waals surface area (Å²) in [6, 6.07) is 0. The molecule has 5 aliphatic carbocycles. The predicted octanol–water partition coefficient (Wildman–Crippen LogP) is -2.73. The van der Waals surface area contributed by atoms with Crippen LogP contribution in [0.15, 0.2) is 11.6 Å². The quantitative estimate of drug-likeness (QED) is 0.0107. The number of carboxylic acids is 1. The largest absolute Gasteiger partial charge is 0.479 e. The van der Waals surface area contributed by atoms with Crippen LogP contribution < -0.4 is 0 Å². The Bertz CT molecular complexity index is 3790. The molecule has 7 aliphatic heterocycles. The topological polar surface area (TPSA) is 638 Å². The maximum Gasteiger partial charge on any atom is 0.335 e. The molecule has 7 saturated heterocycles. The lowest BCUT2D eigenvalue weighted by molar-refractivity contribution is -0.391. The summed E-state index contributed by atoms with van der Waals surface area (Å²) in [6.07, 6.45) is -59.3. The summed E-state index contributed by atoms with van der Waals surface area (Å²) < 4.78 is 97.0. The fourth-order valence-electron chi connectivity index (χ4n) is 23.1. The van der Waals surface area contributed by atoms with E-state index in [2.05, 4.69) is 26.8 Å². The summed E-state index contributed by atoms with van der Waals surface area (Å²) in [7, 11) is 0. The van der Waals surface area contributed by atoms with Gasteiger partial charge in [0.25, 0.3) is 0 Å². The van der Waals surface area contributed by atoms with Crippen molar-refractivity contribution in [3.8, 4) is 0 Å². The van der Waals surface area contributed by atoms with Crippen molar-refractivity contribution in [3.05, 3.63) is 11.6 Å². The van der Waals surface area contributed by atoms with E-state index in [9.17, 15) is 121 Å². The highest BCUT2D eigenvalue weighted by molar-refractivity contribution is 5.80. The maximum absolute atomic E-state index is 16.3. The number of ether oxygens (including phenoxy) is 16. The molecular weight excluding hydrogens is 1710 g/mol. The van der Waals surface area contributed by atoms with E-state index >= 15 is 4.79 Å². The molecule has 20 N–H and O–H groups in total. The van der Waals surface area contributed by atoms with Gasteiger partial charge in [0.05, 0.1) is 86.9 Å². The summed E-state index contributed by atoms with van der Waals surface area (Å²) in [5.74, 6) is -6.90. The highest BCUT2D eigenvalue weighted by Crippen LogP contribution is 2.76. The number of carbonyl (C=O) groups is 5. The van der Waals surface area contributed by atoms with Crippen molar-refractivity contribution in [1.82, 2.24) is 0 Å². The molecule has 11 fully saturated rings. The van der Waals surface area contributed by atoms with Gasteiger partial charge in [-0.25, -0.2) is 4.79 Å². The van der Waals surface area contributed by atoms with Crippen molar-refractivity contribution < 1.29 is 202 Å². The molecule has 0 spiro atoms. The molecule has 16 unspecified atom stereocenters. The SMILES string of the molecule is CC[C@@H]1O[C@@H](O[C@@H](C[C@H](O)CC(=O)O[C@@H](C[C@H](O)CC(=O)O[C@@H]2C(C)O[C@@H](OC(=O)[C@]34CCC(C)(C)CC3C3=CCC5[C@@]6(C)CC[C@H](O[C@@H]7OC(C(=O)O)[C@@H](O)[C@H](O[C@@H]8OC[C@@H](O)[C@H](O)C8O)C7O[C@@H]7OC(CO)[C@H](O)[C@H](O)C7O)[C@@](C)(C=O)C6CC[C@@]5(C)[C@]3(C)C[C@H]4O)[C@H](O[C@@H]3OC(C)[C@H](O[C@@H]4OCC(O)[C@H](O)C4O)C(O)[C@@H]3O)C2O)[C@@H](C)CC)[C@@H](C)CC)C(O)C1O. The van der Waals surface area contributed by atoms with Crippen LogP contribution in [0, 0.1) is 62.1 Å². The zero-order valence-corrected chi connectivity index (χ0v) is 75.4. The van der Waals surface area contributed by atoms with E-state index < -0.39 is 340 Å². The van der Waals surface area contributed by atoms with Gasteiger partial charge in [0, 0.05) is 12.8 Å². The number of allylic oxidation sites excluding steroid dienone is 2. The fourth-order valence-corrected chi connectivity index (χ4v) is 23.1. The molecule has 0 amide bonds. The monoisotopic (exact) mass is 1850 g/mol. The van der Waals surface area contributed by atoms with Crippen molar-refractivity contribution in [2.75, 3.05) is 19.8 Å². The molecule has 12 aliphatic rings. The molecule has 12 rings (SSSR count). The van der Waals surface area contributed by atoms with Crippen molar-refractivity contribution in [2.45, 2.75) is 426 Å². The molecule has 0 bridgehead atoms. The number of esters is 3. The van der Waals surface area contributed by atoms with Crippen LogP contribution in [0.4, 0.5) is 0 Å². The van der Waals surface area contributed by atoms with Gasteiger partial charge in [0.15, 0.2) is 56.1 Å². The van der Waals surface area contributed by atoms with Crippen LogP contribution in [-0.4, -0.2) is 385 Å². The highest BCUT2D eigenvalue weighted by Gasteiger charge is 2.73. The Morgan fingerprint density at radius 2 is 1.05 bits per heavy atom. The summed E-state index contributed by atoms with van der Waals surface area (Å²) >= 11 is 0. The smallest absolute Gasteiger partial charge is 0.335 e. The Morgan fingerprint density at radius 1 is 0.512 bits per heavy atom. The van der Waals surface area contributed by atoms with Crippen molar-refractivity contribution in [2.24, 2.45) is 62.1 Å². The molecule has 0 aromatic carbocycles. The fraction of sp³-hybridized carbons (Fsp3) is 0.920. The standard InChI is InChI=1S/C88H142O41/c1-14-35(4)46(118-53(96)27-40(92)26-47(36(5)15-2)120-78-63(106)57(100)45(16-3)119-78)25-39(91)28-54(97)123-69-38(7)117-80(72(66(69)109)127-77-65(108)60(103)68(37(6)116-77)124-75-61(104)55(98)43(93)32-114-75)129-82(113)88-24-23-83(8,9)29-42(88)41-17-18-50-84(10)21-20-52(85(11,34-90)49(84)19-22-86(50,12)87(41,13)30-51(88)95)122-81-73(128-79-64(107)59(102)58(101)48(31-89)121-79)70(67(110)71(126-81)74(111)112)125-76-62(105)56(99)44(94)33-115-76/h17,34-40,42-52,55-73,75-81,89,91-95,98-110H,14-16,18-33H2,1-13H3,(H,111,112)/t35-,36-,37?,38?,39-,40-,42?,43?,44+,45-,46-,47-,48?,49?,50?,51+,52-,55-,56-,57?,58-,59-,60?,61?,62?,63?,64?,65-,66?,67-,68-,69+,70-,71?,72+,73?,75-,76-,77-,78-,79-,80-,81+,84-,85-,86+,87+,88+/m0/s1. The number of aliphatic hydroxyl groups is 19. The van der Waals surface area contributed by atoms with E-state index in [1.54, 1.807) is 20.8 Å². The summed E-state index contributed by atoms with van der Waals surface area (Å²) in [4.78, 5) is 71.7. The Morgan fingerprint density at radius 3 is 1.64 bits per heavy atom. The minimum Gasteiger partial charge on any atom is -0.479 e. The van der Waals surface area contributed by atoms with Crippen molar-refractivity contribution in [3.63, 3.8) is 0 Å². The molecule has 41 heteroatoms. The Balaban J connectivity index is 0.785. The van der Waals surface area contributed by atoms with E-state index in [1.807, 2.05) is 34.6 Å². The number of rotatable bonds is 32. The second-order valence-corrected chi connectivity index (χ2v) is 40.3. The molecule has 0 aromatic heterocycles. The van der Waals surface area contributed by atoms with Gasteiger partial charge in [0.1, 0.15) is 134 Å². The van der Waals surface area contributed by atoms with Crippen LogP contribution in [0.25, 0.3) is 0 Å². The first kappa shape index (κ1) is 104. The van der Waals surface area contributed by atoms with Crippen LogP contribution in [0.2, 0.25) is 0 Å². The summed E-state index contributed by atoms with van der Waals surface area (Å²) in [6.45, 7) is 22.0. The average Bonchev–Trinajstić information content (AvgIpc) is 0.728. The zero-order chi connectivity index (χ0) is 94.9. The van der Waals surface area contributed by atoms with E-state index in [-0.39, 0.29) is 43.9 Å². The zero-order valence-electron chi connectivity index (χ0n) is 75.4. The van der Waals surface area contributed by atoms with Gasteiger partial charge < -0.3 is 183 Å². The normalized spacial score (nSPS) is 48.4. The van der Waals surface area contributed by atoms with E-state index in [1.165, 1.54) is 13.8 Å². The molecule has 7 heterocycles. The van der Waals surface area contributed by atoms with E-state index in [0.29, 0.717) is 57.8 Å². The van der Waals surface area contributed by atoms with Gasteiger partial charge in [-0.2, -0.15) is 0 Å². The van der Waals surface area contributed by atoms with Crippen LogP contribution in [0.1, 0.15) is 193 Å². The lowest BCUT2D eigenvalue weighted by Crippen LogP contribution is -2.69. The van der Waals surface area contributed by atoms with Gasteiger partial charge in [-0.1, -0.05) is 101 Å². The van der Waals surface area contributed by atoms with Crippen molar-refractivity contribution >= 4 is 30.2 Å². The summed E-state index contributed by atoms with van der Waals surface area (Å²) in [5, 5.41) is 223. The van der Waals surface area contributed by atoms with Gasteiger partial charge in [-0.05, 0) is 129 Å². The lowest BCUT2D eigenvalue weighted by atomic mass is 9.33. The third kappa shape index (κ3) is 20.2. The maximum atomic E-state index is 16.3. The molecule has 48 atom stereocenters. The number of hydrogen-bond acceptors (Lipinski definition) is 40. The molecule has 740 valence electrons. The highest BCUT2D eigenvalue weighted by atomic mass is 16.8. The Kier molecular flexibility index (Phi) is 33.3. The second kappa shape index (κ2) is 41.4. The third-order valence-electron chi connectivity index (χ3n) is 31.7. The van der Waals surface area contributed by atoms with Crippen LogP contribution in [-0.2, 0) is 99.8 Å². The molecule has 4 saturated carbocycles. The first-order valence-electron chi connectivity index (χ1n) is 45.8.